The first-order valence-corrected chi connectivity index (χ1v) is 12.9. The van der Waals surface area contributed by atoms with Crippen LogP contribution in [0.25, 0.3) is 11.3 Å². The number of para-hydroxylation sites is 1. The summed E-state index contributed by atoms with van der Waals surface area (Å²) in [6, 6.07) is 13.1. The van der Waals surface area contributed by atoms with Gasteiger partial charge in [-0.05, 0) is 67.6 Å². The molecule has 0 saturated carbocycles. The number of aromatic nitrogens is 2. The second kappa shape index (κ2) is 12.7. The van der Waals surface area contributed by atoms with Crippen LogP contribution in [0, 0.1) is 17.1 Å². The van der Waals surface area contributed by atoms with Crippen LogP contribution in [0.15, 0.2) is 76.2 Å². The highest BCUT2D eigenvalue weighted by atomic mass is 35.5. The van der Waals surface area contributed by atoms with Crippen LogP contribution in [0.1, 0.15) is 29.4 Å². The third-order valence-electron chi connectivity index (χ3n) is 6.70. The molecule has 1 aliphatic heterocycles. The van der Waals surface area contributed by atoms with Crippen molar-refractivity contribution in [2.45, 2.75) is 25.4 Å². The fourth-order valence-electron chi connectivity index (χ4n) is 4.63. The van der Waals surface area contributed by atoms with E-state index in [9.17, 15) is 24.3 Å². The number of hydrogen-bond acceptors (Lipinski definition) is 8. The number of nitrogens with zero attached hydrogens (tertiary/aromatic N) is 5. The highest BCUT2D eigenvalue weighted by Crippen LogP contribution is 2.35. The van der Waals surface area contributed by atoms with Gasteiger partial charge >= 0.3 is 0 Å². The van der Waals surface area contributed by atoms with Crippen LogP contribution >= 0.6 is 11.6 Å². The van der Waals surface area contributed by atoms with Gasteiger partial charge in [-0.25, -0.2) is 4.39 Å². The molecule has 2 atom stereocenters. The van der Waals surface area contributed by atoms with Gasteiger partial charge in [0.2, 0.25) is 0 Å². The third-order valence-corrected chi connectivity index (χ3v) is 7.00. The molecule has 41 heavy (non-hydrogen) atoms. The summed E-state index contributed by atoms with van der Waals surface area (Å²) in [5.74, 6) is -1.45. The molecule has 1 fully saturated rings. The van der Waals surface area contributed by atoms with Crippen molar-refractivity contribution in [3.8, 4) is 11.8 Å². The average Bonchev–Trinajstić information content (AvgIpc) is 3.34. The van der Waals surface area contributed by atoms with Gasteiger partial charge in [0, 0.05) is 24.9 Å². The van der Waals surface area contributed by atoms with Crippen molar-refractivity contribution in [1.29, 1.82) is 5.26 Å². The molecule has 2 heterocycles. The number of aliphatic imine (C=N–C) groups is 1. The number of aliphatic hydroxyl groups excluding tert-OH is 1. The molecule has 3 aromatic rings. The molecule has 0 unspecified atom stereocenters. The zero-order valence-electron chi connectivity index (χ0n) is 22.1. The van der Waals surface area contributed by atoms with E-state index in [4.69, 9.17) is 17.3 Å². The molecule has 210 valence electrons. The number of allylic oxidation sites excluding steroid dienone is 3. The standard InChI is InChI=1S/C29H27ClFN7O3/c1-17(19(14-32)10-11-34-2)18-6-7-24(26(12-18)37-15-20(33)13-21(37)16-39)35-29(41)25-8-9-27(40)38(36-25)28-22(30)4-3-5-23(28)31/h3-12,20-21,39H,2,13,15-16,33H2,1H3,(H,35,41)/b11-10-,19-17-/t20-,21-/m0/s1. The summed E-state index contributed by atoms with van der Waals surface area (Å²) in [4.78, 5) is 31.4. The monoisotopic (exact) mass is 575 g/mol. The Balaban J connectivity index is 1.77. The number of nitriles is 1. The minimum absolute atomic E-state index is 0.0469. The second-order valence-electron chi connectivity index (χ2n) is 9.36. The third kappa shape index (κ3) is 6.25. The van der Waals surface area contributed by atoms with E-state index in [0.29, 0.717) is 41.1 Å². The Hall–Kier alpha value is -4.63. The number of rotatable bonds is 8. The van der Waals surface area contributed by atoms with Crippen molar-refractivity contribution in [1.82, 2.24) is 9.78 Å². The smallest absolute Gasteiger partial charge is 0.276 e. The molecular weight excluding hydrogens is 549 g/mol. The van der Waals surface area contributed by atoms with E-state index in [1.807, 2.05) is 4.90 Å². The van der Waals surface area contributed by atoms with E-state index >= 15 is 0 Å². The lowest BCUT2D eigenvalue weighted by atomic mass is 10.00. The predicted molar refractivity (Wildman–Crippen MR) is 157 cm³/mol. The lowest BCUT2D eigenvalue weighted by molar-refractivity contribution is 0.102. The largest absolute Gasteiger partial charge is 0.394 e. The van der Waals surface area contributed by atoms with Crippen molar-refractivity contribution in [2.75, 3.05) is 23.4 Å². The molecule has 4 rings (SSSR count). The normalized spacial score (nSPS) is 17.3. The summed E-state index contributed by atoms with van der Waals surface area (Å²) in [5.41, 5.74) is 7.76. The lowest BCUT2D eigenvalue weighted by Gasteiger charge is -2.28. The maximum atomic E-state index is 14.5. The second-order valence-corrected chi connectivity index (χ2v) is 9.77. The molecule has 1 aromatic heterocycles. The van der Waals surface area contributed by atoms with Gasteiger partial charge in [-0.2, -0.15) is 15.0 Å². The minimum atomic E-state index is -0.776. The number of carbonyl (C=O) groups is 1. The number of aliphatic hydroxyl groups is 1. The van der Waals surface area contributed by atoms with Gasteiger partial charge in [-0.3, -0.25) is 14.6 Å². The van der Waals surface area contributed by atoms with Gasteiger partial charge in [0.05, 0.1) is 40.7 Å². The molecule has 1 saturated heterocycles. The summed E-state index contributed by atoms with van der Waals surface area (Å²) in [5, 5.41) is 26.5. The minimum Gasteiger partial charge on any atom is -0.394 e. The molecule has 0 spiro atoms. The number of nitrogens with two attached hydrogens (primary N) is 1. The number of amides is 1. The molecule has 0 radical (unpaired) electrons. The quantitative estimate of drug-likeness (QED) is 0.211. The van der Waals surface area contributed by atoms with Crippen molar-refractivity contribution < 1.29 is 14.3 Å². The van der Waals surface area contributed by atoms with Crippen LogP contribution in [0.2, 0.25) is 5.02 Å². The maximum absolute atomic E-state index is 14.5. The molecule has 0 aliphatic carbocycles. The molecule has 0 bridgehead atoms. The SMILES string of the molecule is C=N/C=C\C(C#N)=C(/C)c1ccc(NC(=O)c2ccc(=O)n(-c3c(F)cccc3Cl)n2)c(N2C[C@@H](N)C[C@H]2CO)c1. The van der Waals surface area contributed by atoms with Crippen molar-refractivity contribution in [3.05, 3.63) is 98.8 Å². The van der Waals surface area contributed by atoms with Gasteiger partial charge in [0.1, 0.15) is 11.4 Å². The van der Waals surface area contributed by atoms with Crippen LogP contribution in [-0.4, -0.2) is 52.7 Å². The van der Waals surface area contributed by atoms with E-state index in [-0.39, 0.29) is 35.1 Å². The van der Waals surface area contributed by atoms with Crippen LogP contribution in [0.3, 0.4) is 0 Å². The van der Waals surface area contributed by atoms with E-state index in [1.165, 1.54) is 24.4 Å². The summed E-state index contributed by atoms with van der Waals surface area (Å²) >= 11 is 6.12. The Kier molecular flexibility index (Phi) is 9.09. The van der Waals surface area contributed by atoms with Gasteiger partial charge in [0.25, 0.3) is 11.5 Å². The van der Waals surface area contributed by atoms with E-state index in [2.05, 4.69) is 28.2 Å². The Morgan fingerprint density at radius 2 is 2.15 bits per heavy atom. The first kappa shape index (κ1) is 29.4. The topological polar surface area (TPSA) is 150 Å². The van der Waals surface area contributed by atoms with E-state index in [1.54, 1.807) is 31.2 Å². The zero-order chi connectivity index (χ0) is 29.7. The number of carbonyl (C=O) groups excluding carboxylic acids is 1. The van der Waals surface area contributed by atoms with Crippen molar-refractivity contribution >= 4 is 41.2 Å². The Bertz CT molecular complexity index is 1640. The van der Waals surface area contributed by atoms with E-state index in [0.717, 1.165) is 16.8 Å². The Morgan fingerprint density at radius 1 is 1.37 bits per heavy atom. The fraction of sp³-hybridized carbons (Fsp3) is 0.207. The summed E-state index contributed by atoms with van der Waals surface area (Å²) in [6.07, 6.45) is 3.50. The number of benzene rings is 2. The molecule has 1 amide bonds. The van der Waals surface area contributed by atoms with Gasteiger partial charge in [-0.1, -0.05) is 23.7 Å². The maximum Gasteiger partial charge on any atom is 0.276 e. The highest BCUT2D eigenvalue weighted by molar-refractivity contribution is 6.32. The number of nitrogens with one attached hydrogen (secondary N) is 1. The fourth-order valence-corrected chi connectivity index (χ4v) is 4.87. The van der Waals surface area contributed by atoms with Gasteiger partial charge in [-0.15, -0.1) is 0 Å². The van der Waals surface area contributed by atoms with Crippen LogP contribution in [0.5, 0.6) is 0 Å². The van der Waals surface area contributed by atoms with Crippen molar-refractivity contribution in [2.24, 2.45) is 10.7 Å². The number of halogens is 2. The molecule has 12 heteroatoms. The van der Waals surface area contributed by atoms with Crippen LogP contribution in [-0.2, 0) is 0 Å². The number of anilines is 2. The van der Waals surface area contributed by atoms with Crippen molar-refractivity contribution in [3.63, 3.8) is 0 Å². The highest BCUT2D eigenvalue weighted by Gasteiger charge is 2.31. The number of hydrogen-bond donors (Lipinski definition) is 3. The first-order valence-electron chi connectivity index (χ1n) is 12.6. The Morgan fingerprint density at radius 3 is 2.83 bits per heavy atom. The summed E-state index contributed by atoms with van der Waals surface area (Å²) < 4.78 is 15.3. The zero-order valence-corrected chi connectivity index (χ0v) is 22.8. The predicted octanol–water partition coefficient (Wildman–Crippen LogP) is 3.69. The first-order chi connectivity index (χ1) is 19.7. The lowest BCUT2D eigenvalue weighted by Crippen LogP contribution is -2.34. The average molecular weight is 576 g/mol. The van der Waals surface area contributed by atoms with Gasteiger partial charge in [0.15, 0.2) is 5.82 Å². The Labute approximate surface area is 240 Å². The van der Waals surface area contributed by atoms with Crippen LogP contribution < -0.4 is 21.5 Å². The van der Waals surface area contributed by atoms with Crippen LogP contribution in [0.4, 0.5) is 15.8 Å². The summed E-state index contributed by atoms with van der Waals surface area (Å²) in [6.45, 7) is 5.43. The van der Waals surface area contributed by atoms with E-state index < -0.39 is 17.3 Å². The molecule has 2 aromatic carbocycles. The molecule has 1 aliphatic rings. The molecular formula is C29H27ClFN7O3. The molecule has 10 nitrogen and oxygen atoms in total. The summed E-state index contributed by atoms with van der Waals surface area (Å²) in [7, 11) is 0. The molecule has 4 N–H and O–H groups in total. The van der Waals surface area contributed by atoms with Gasteiger partial charge < -0.3 is 21.1 Å².